The third-order valence-corrected chi connectivity index (χ3v) is 10.5. The fourth-order valence-electron chi connectivity index (χ4n) is 7.93. The lowest BCUT2D eigenvalue weighted by atomic mass is 9.79. The maximum Gasteiger partial charge on any atom is 0.210 e. The highest BCUT2D eigenvalue weighted by Crippen LogP contribution is 2.50. The molecular weight excluding hydrogens is 572 g/mol. The quantitative estimate of drug-likeness (QED) is 0.105. The standard InChI is InChI=1S/C44H51N2O/c1-42(2,3)39(47)25-13-10-18-30-46-36-29-27-32-20-15-17-22-34(32)41(36)44(6,7)38(46)24-12-9-11-23-37-43(4,5)40-33-21-16-14-19-31(33)26-28-35(40)45(37)8/h9,11-12,14-17,19-24,26-29H,10,13,18,25,30H2,1-8H3/q+1. The van der Waals surface area contributed by atoms with Crippen molar-refractivity contribution in [1.29, 1.82) is 0 Å². The lowest BCUT2D eigenvalue weighted by Crippen LogP contribution is -2.28. The maximum atomic E-state index is 12.5. The fraction of sp³-hybridized carbons (Fsp3) is 0.364. The normalized spacial score (nSPS) is 18.0. The largest absolute Gasteiger partial charge is 0.347 e. The highest BCUT2D eigenvalue weighted by atomic mass is 16.1. The number of allylic oxidation sites excluding steroid dienone is 6. The van der Waals surface area contributed by atoms with E-state index >= 15 is 0 Å². The zero-order valence-corrected chi connectivity index (χ0v) is 29.7. The molecule has 3 heteroatoms. The molecule has 0 unspecified atom stereocenters. The van der Waals surface area contributed by atoms with Gasteiger partial charge >= 0.3 is 0 Å². The molecule has 0 atom stereocenters. The predicted octanol–water partition coefficient (Wildman–Crippen LogP) is 11.0. The second-order valence-corrected chi connectivity index (χ2v) is 15.5. The van der Waals surface area contributed by atoms with Crippen LogP contribution in [0.5, 0.6) is 0 Å². The molecule has 0 aliphatic carbocycles. The number of anilines is 1. The Morgan fingerprint density at radius 3 is 2.06 bits per heavy atom. The highest BCUT2D eigenvalue weighted by Gasteiger charge is 2.45. The first-order valence-corrected chi connectivity index (χ1v) is 17.4. The molecule has 242 valence electrons. The first kappa shape index (κ1) is 32.7. The summed E-state index contributed by atoms with van der Waals surface area (Å²) in [6, 6.07) is 26.6. The van der Waals surface area contributed by atoms with E-state index in [1.54, 1.807) is 0 Å². The van der Waals surface area contributed by atoms with Gasteiger partial charge < -0.3 is 4.90 Å². The number of nitrogens with zero attached hydrogens (tertiary/aromatic N) is 2. The Kier molecular flexibility index (Phi) is 8.63. The summed E-state index contributed by atoms with van der Waals surface area (Å²) in [5.74, 6) is 0.359. The first-order valence-electron chi connectivity index (χ1n) is 17.4. The number of fused-ring (bicyclic) bond motifs is 6. The Hall–Kier alpha value is -4.24. The first-order chi connectivity index (χ1) is 22.3. The van der Waals surface area contributed by atoms with Crippen LogP contribution < -0.4 is 4.90 Å². The Morgan fingerprint density at radius 1 is 0.745 bits per heavy atom. The molecule has 0 fully saturated rings. The summed E-state index contributed by atoms with van der Waals surface area (Å²) in [5, 5.41) is 5.24. The van der Waals surface area contributed by atoms with E-state index in [1.165, 1.54) is 55.5 Å². The third kappa shape index (κ3) is 5.90. The van der Waals surface area contributed by atoms with Crippen LogP contribution in [0.2, 0.25) is 0 Å². The van der Waals surface area contributed by atoms with Gasteiger partial charge in [-0.25, -0.2) is 0 Å². The Bertz CT molecular complexity index is 1980. The van der Waals surface area contributed by atoms with Crippen LogP contribution in [0.3, 0.4) is 0 Å². The van der Waals surface area contributed by atoms with Crippen molar-refractivity contribution in [1.82, 2.24) is 0 Å². The zero-order chi connectivity index (χ0) is 33.6. The summed E-state index contributed by atoms with van der Waals surface area (Å²) < 4.78 is 2.53. The molecule has 4 aromatic rings. The monoisotopic (exact) mass is 623 g/mol. The second kappa shape index (κ2) is 12.4. The van der Waals surface area contributed by atoms with Gasteiger partial charge in [0.2, 0.25) is 5.69 Å². The van der Waals surface area contributed by atoms with Crippen LogP contribution in [0, 0.1) is 5.41 Å². The Morgan fingerprint density at radius 2 is 1.38 bits per heavy atom. The molecule has 0 saturated carbocycles. The van der Waals surface area contributed by atoms with Gasteiger partial charge in [0.1, 0.15) is 12.3 Å². The van der Waals surface area contributed by atoms with Crippen molar-refractivity contribution in [3.8, 4) is 0 Å². The molecule has 0 N–H and O–H groups in total. The van der Waals surface area contributed by atoms with Crippen molar-refractivity contribution in [3.63, 3.8) is 0 Å². The highest BCUT2D eigenvalue weighted by molar-refractivity contribution is 6.07. The van der Waals surface area contributed by atoms with E-state index in [1.807, 2.05) is 20.8 Å². The van der Waals surface area contributed by atoms with Crippen molar-refractivity contribution in [2.24, 2.45) is 5.41 Å². The summed E-state index contributed by atoms with van der Waals surface area (Å²) in [6.07, 6.45) is 14.9. The molecule has 0 spiro atoms. The molecule has 0 amide bonds. The molecular formula is C44H51N2O+. The molecule has 0 radical (unpaired) electrons. The average Bonchev–Trinajstić information content (AvgIpc) is 3.38. The van der Waals surface area contributed by atoms with Crippen LogP contribution >= 0.6 is 0 Å². The van der Waals surface area contributed by atoms with Crippen LogP contribution in [-0.2, 0) is 15.6 Å². The molecule has 0 aromatic heterocycles. The molecule has 0 bridgehead atoms. The summed E-state index contributed by atoms with van der Waals surface area (Å²) in [5.41, 5.74) is 7.53. The van der Waals surface area contributed by atoms with Gasteiger partial charge in [-0.3, -0.25) is 4.79 Å². The van der Waals surface area contributed by atoms with E-state index in [0.29, 0.717) is 12.2 Å². The fourth-order valence-corrected chi connectivity index (χ4v) is 7.93. The van der Waals surface area contributed by atoms with Crippen LogP contribution in [-0.4, -0.2) is 29.7 Å². The van der Waals surface area contributed by atoms with Crippen molar-refractivity contribution < 1.29 is 9.37 Å². The van der Waals surface area contributed by atoms with Gasteiger partial charge in [0.25, 0.3) is 0 Å². The number of ketones is 1. The number of unbranched alkanes of at least 4 members (excludes halogenated alkanes) is 2. The van der Waals surface area contributed by atoms with Gasteiger partial charge in [-0.05, 0) is 72.0 Å². The molecule has 6 rings (SSSR count). The van der Waals surface area contributed by atoms with Gasteiger partial charge in [-0.1, -0.05) is 107 Å². The second-order valence-electron chi connectivity index (χ2n) is 15.5. The van der Waals surface area contributed by atoms with Gasteiger partial charge in [0.05, 0.1) is 5.41 Å². The van der Waals surface area contributed by atoms with Gasteiger partial charge in [0.15, 0.2) is 5.71 Å². The van der Waals surface area contributed by atoms with E-state index in [2.05, 4.69) is 147 Å². The van der Waals surface area contributed by atoms with E-state index < -0.39 is 0 Å². The summed E-state index contributed by atoms with van der Waals surface area (Å²) in [7, 11) is 2.19. The number of carbonyl (C=O) groups is 1. The predicted molar refractivity (Wildman–Crippen MR) is 201 cm³/mol. The van der Waals surface area contributed by atoms with Gasteiger partial charge in [-0.2, -0.15) is 4.58 Å². The van der Waals surface area contributed by atoms with E-state index in [-0.39, 0.29) is 16.2 Å². The molecule has 4 aromatic carbocycles. The van der Waals surface area contributed by atoms with E-state index in [0.717, 1.165) is 25.8 Å². The summed E-state index contributed by atoms with van der Waals surface area (Å²) in [4.78, 5) is 14.8. The zero-order valence-electron chi connectivity index (χ0n) is 29.7. The number of Topliss-reactive ketones (excluding diaryl/α,β-unsaturated/α-hetero) is 1. The number of hydrogen-bond donors (Lipinski definition) is 0. The van der Waals surface area contributed by atoms with Gasteiger partial charge in [0, 0.05) is 59.8 Å². The number of hydrogen-bond acceptors (Lipinski definition) is 2. The van der Waals surface area contributed by atoms with Crippen LogP contribution in [0.25, 0.3) is 21.5 Å². The van der Waals surface area contributed by atoms with Crippen molar-refractivity contribution in [3.05, 3.63) is 120 Å². The van der Waals surface area contributed by atoms with E-state index in [9.17, 15) is 4.79 Å². The number of benzene rings is 4. The SMILES string of the molecule is CN1/C(=C/C=C/C=C/C2=[N+](CCCCCC(=O)C(C)(C)C)c3ccc4ccccc4c3C2(C)C)C(C)(C)c2c1ccc1ccccc21. The van der Waals surface area contributed by atoms with Crippen molar-refractivity contribution in [2.45, 2.75) is 85.0 Å². The molecule has 47 heavy (non-hydrogen) atoms. The third-order valence-electron chi connectivity index (χ3n) is 10.5. The van der Waals surface area contributed by atoms with Crippen LogP contribution in [0.4, 0.5) is 11.4 Å². The Balaban J connectivity index is 1.27. The molecule has 2 aliphatic rings. The molecule has 2 aliphatic heterocycles. The maximum absolute atomic E-state index is 12.5. The lowest BCUT2D eigenvalue weighted by Gasteiger charge is -2.24. The van der Waals surface area contributed by atoms with E-state index in [4.69, 9.17) is 0 Å². The lowest BCUT2D eigenvalue weighted by molar-refractivity contribution is -0.438. The number of carbonyl (C=O) groups excluding carboxylic acids is 1. The van der Waals surface area contributed by atoms with Crippen molar-refractivity contribution in [2.75, 3.05) is 18.5 Å². The number of rotatable bonds is 9. The minimum absolute atomic E-state index is 0.0990. The minimum atomic E-state index is -0.255. The average molecular weight is 624 g/mol. The summed E-state index contributed by atoms with van der Waals surface area (Å²) >= 11 is 0. The van der Waals surface area contributed by atoms with Crippen LogP contribution in [0.1, 0.15) is 85.3 Å². The van der Waals surface area contributed by atoms with Crippen molar-refractivity contribution >= 4 is 44.4 Å². The molecule has 2 heterocycles. The Labute approximate surface area is 282 Å². The molecule has 3 nitrogen and oxygen atoms in total. The van der Waals surface area contributed by atoms with Gasteiger partial charge in [-0.15, -0.1) is 0 Å². The number of likely N-dealkylation sites (N-methyl/N-ethyl adjacent to an activating group) is 1. The molecule has 0 saturated heterocycles. The topological polar surface area (TPSA) is 23.3 Å². The smallest absolute Gasteiger partial charge is 0.210 e. The van der Waals surface area contributed by atoms with Crippen LogP contribution in [0.15, 0.2) is 109 Å². The minimum Gasteiger partial charge on any atom is -0.347 e. The summed E-state index contributed by atoms with van der Waals surface area (Å²) in [6.45, 7) is 16.4.